The minimum atomic E-state index is -0.480. The van der Waals surface area contributed by atoms with Gasteiger partial charge in [0.2, 0.25) is 11.8 Å². The Kier molecular flexibility index (Phi) is 4.76. The predicted molar refractivity (Wildman–Crippen MR) is 92.1 cm³/mol. The van der Waals surface area contributed by atoms with Gasteiger partial charge in [0.15, 0.2) is 0 Å². The van der Waals surface area contributed by atoms with E-state index in [4.69, 9.17) is 10.5 Å². The topological polar surface area (TPSA) is 92.9 Å². The number of likely N-dealkylation sites (tertiary alicyclic amines) is 1. The second-order valence-corrected chi connectivity index (χ2v) is 6.68. The molecule has 2 N–H and O–H groups in total. The van der Waals surface area contributed by atoms with Gasteiger partial charge in [0.05, 0.1) is 25.3 Å². The van der Waals surface area contributed by atoms with Gasteiger partial charge in [-0.1, -0.05) is 6.07 Å². The summed E-state index contributed by atoms with van der Waals surface area (Å²) in [5.41, 5.74) is 6.80. The van der Waals surface area contributed by atoms with Crippen molar-refractivity contribution in [2.45, 2.75) is 32.2 Å². The smallest absolute Gasteiger partial charge is 0.251 e. The van der Waals surface area contributed by atoms with E-state index in [2.05, 4.69) is 0 Å². The molecule has 0 saturated carbocycles. The molecule has 0 unspecified atom stereocenters. The summed E-state index contributed by atoms with van der Waals surface area (Å²) in [6.07, 6.45) is 1.40. The van der Waals surface area contributed by atoms with E-state index in [0.717, 1.165) is 5.56 Å². The lowest BCUT2D eigenvalue weighted by atomic mass is 9.95. The maximum atomic E-state index is 12.9. The molecule has 2 aliphatic heterocycles. The summed E-state index contributed by atoms with van der Waals surface area (Å²) in [6.45, 7) is 3.09. The van der Waals surface area contributed by atoms with Crippen LogP contribution in [0.5, 0.6) is 5.75 Å². The quantitative estimate of drug-likeness (QED) is 0.816. The number of primary amides is 1. The van der Waals surface area contributed by atoms with E-state index in [1.807, 2.05) is 17.9 Å². The van der Waals surface area contributed by atoms with Gasteiger partial charge in [-0.05, 0) is 50.6 Å². The van der Waals surface area contributed by atoms with Crippen molar-refractivity contribution in [1.29, 1.82) is 0 Å². The molecule has 7 nitrogen and oxygen atoms in total. The molecule has 25 heavy (non-hydrogen) atoms. The second kappa shape index (κ2) is 6.84. The van der Waals surface area contributed by atoms with Crippen LogP contribution in [0.2, 0.25) is 0 Å². The summed E-state index contributed by atoms with van der Waals surface area (Å²) < 4.78 is 5.32. The van der Waals surface area contributed by atoms with E-state index < -0.39 is 6.04 Å². The number of benzene rings is 1. The molecule has 0 radical (unpaired) electrons. The predicted octanol–water partition coefficient (Wildman–Crippen LogP) is 0.833. The summed E-state index contributed by atoms with van der Waals surface area (Å²) in [6, 6.07) is 4.94. The lowest BCUT2D eigenvalue weighted by molar-refractivity contribution is -0.124. The number of nitrogens with two attached hydrogens (primary N) is 1. The number of carbonyl (C=O) groups is 3. The molecule has 0 spiro atoms. The molecule has 1 aromatic rings. The Morgan fingerprint density at radius 1 is 1.24 bits per heavy atom. The zero-order chi connectivity index (χ0) is 18.1. The van der Waals surface area contributed by atoms with Crippen LogP contribution in [0.3, 0.4) is 0 Å². The zero-order valence-corrected chi connectivity index (χ0v) is 14.5. The number of amides is 3. The number of imide groups is 1. The second-order valence-electron chi connectivity index (χ2n) is 6.68. The number of carbonyl (C=O) groups excluding carboxylic acids is 3. The monoisotopic (exact) mass is 345 g/mol. The highest BCUT2D eigenvalue weighted by atomic mass is 16.5. The van der Waals surface area contributed by atoms with E-state index in [1.165, 1.54) is 12.0 Å². The zero-order valence-electron chi connectivity index (χ0n) is 14.5. The van der Waals surface area contributed by atoms with Crippen molar-refractivity contribution in [2.24, 2.45) is 11.7 Å². The van der Waals surface area contributed by atoms with Crippen LogP contribution in [0, 0.1) is 12.8 Å². The fourth-order valence-corrected chi connectivity index (χ4v) is 3.62. The fraction of sp³-hybridized carbons (Fsp3) is 0.500. The summed E-state index contributed by atoms with van der Waals surface area (Å²) in [5, 5.41) is 0. The molecule has 2 fully saturated rings. The molecule has 1 atom stereocenters. The van der Waals surface area contributed by atoms with Crippen molar-refractivity contribution < 1.29 is 19.1 Å². The normalized spacial score (nSPS) is 22.5. The summed E-state index contributed by atoms with van der Waals surface area (Å²) in [4.78, 5) is 40.0. The van der Waals surface area contributed by atoms with Gasteiger partial charge in [0, 0.05) is 5.92 Å². The van der Waals surface area contributed by atoms with Crippen molar-refractivity contribution in [3.63, 3.8) is 0 Å². The SMILES string of the molecule is COc1ccc(C)cc1N1C(=O)C[C@@H](N2CCC(C(N)=O)CC2)C1=O. The molecule has 3 amide bonds. The van der Waals surface area contributed by atoms with Gasteiger partial charge in [0.25, 0.3) is 5.91 Å². The first-order valence-corrected chi connectivity index (χ1v) is 8.47. The Morgan fingerprint density at radius 3 is 2.52 bits per heavy atom. The Balaban J connectivity index is 1.80. The molecule has 0 bridgehead atoms. The number of nitrogens with zero attached hydrogens (tertiary/aromatic N) is 2. The van der Waals surface area contributed by atoms with Crippen LogP contribution >= 0.6 is 0 Å². The van der Waals surface area contributed by atoms with Gasteiger partial charge in [-0.3, -0.25) is 19.3 Å². The number of anilines is 1. The minimum Gasteiger partial charge on any atom is -0.495 e. The number of hydrogen-bond donors (Lipinski definition) is 1. The number of piperidine rings is 1. The molecule has 0 aromatic heterocycles. The summed E-state index contributed by atoms with van der Waals surface area (Å²) >= 11 is 0. The first-order valence-electron chi connectivity index (χ1n) is 8.47. The number of ether oxygens (including phenoxy) is 1. The molecule has 2 heterocycles. The molecule has 134 valence electrons. The third-order valence-electron chi connectivity index (χ3n) is 5.07. The Hall–Kier alpha value is -2.41. The summed E-state index contributed by atoms with van der Waals surface area (Å²) in [5.74, 6) is -0.390. The van der Waals surface area contributed by atoms with Crippen LogP contribution in [0.25, 0.3) is 0 Å². The number of methoxy groups -OCH3 is 1. The van der Waals surface area contributed by atoms with E-state index >= 15 is 0 Å². The van der Waals surface area contributed by atoms with Gasteiger partial charge in [-0.25, -0.2) is 4.90 Å². The molecule has 0 aliphatic carbocycles. The highest BCUT2D eigenvalue weighted by Crippen LogP contribution is 2.35. The van der Waals surface area contributed by atoms with Crippen molar-refractivity contribution in [2.75, 3.05) is 25.1 Å². The lowest BCUT2D eigenvalue weighted by Crippen LogP contribution is -2.47. The third kappa shape index (κ3) is 3.24. The molecular formula is C18H23N3O4. The van der Waals surface area contributed by atoms with Crippen LogP contribution in [0.1, 0.15) is 24.8 Å². The highest BCUT2D eigenvalue weighted by Gasteiger charge is 2.44. The summed E-state index contributed by atoms with van der Waals surface area (Å²) in [7, 11) is 1.52. The standard InChI is InChI=1S/C18H23N3O4/c1-11-3-4-15(25-2)13(9-11)21-16(22)10-14(18(21)24)20-7-5-12(6-8-20)17(19)23/h3-4,9,12,14H,5-8,10H2,1-2H3,(H2,19,23)/t14-/m1/s1. The number of rotatable bonds is 4. The van der Waals surface area contributed by atoms with Crippen LogP contribution in [0.4, 0.5) is 5.69 Å². The average molecular weight is 345 g/mol. The van der Waals surface area contributed by atoms with Crippen molar-refractivity contribution in [3.05, 3.63) is 23.8 Å². The van der Waals surface area contributed by atoms with E-state index in [1.54, 1.807) is 12.1 Å². The largest absolute Gasteiger partial charge is 0.495 e. The van der Waals surface area contributed by atoms with Crippen LogP contribution < -0.4 is 15.4 Å². The minimum absolute atomic E-state index is 0.142. The van der Waals surface area contributed by atoms with Gasteiger partial charge < -0.3 is 10.5 Å². The van der Waals surface area contributed by atoms with Crippen LogP contribution in [0.15, 0.2) is 18.2 Å². The van der Waals surface area contributed by atoms with Gasteiger partial charge in [-0.15, -0.1) is 0 Å². The molecule has 2 aliphatic rings. The molecule has 2 saturated heterocycles. The fourth-order valence-electron chi connectivity index (χ4n) is 3.62. The number of aryl methyl sites for hydroxylation is 1. The van der Waals surface area contributed by atoms with E-state index in [9.17, 15) is 14.4 Å². The highest BCUT2D eigenvalue weighted by molar-refractivity contribution is 6.23. The maximum absolute atomic E-state index is 12.9. The molecule has 3 rings (SSSR count). The Morgan fingerprint density at radius 2 is 1.92 bits per heavy atom. The van der Waals surface area contributed by atoms with E-state index in [-0.39, 0.29) is 30.1 Å². The van der Waals surface area contributed by atoms with Gasteiger partial charge in [0.1, 0.15) is 5.75 Å². The van der Waals surface area contributed by atoms with Crippen LogP contribution in [-0.2, 0) is 14.4 Å². The average Bonchev–Trinajstić information content (AvgIpc) is 2.89. The van der Waals surface area contributed by atoms with Crippen molar-refractivity contribution in [3.8, 4) is 5.75 Å². The van der Waals surface area contributed by atoms with Crippen molar-refractivity contribution in [1.82, 2.24) is 4.90 Å². The van der Waals surface area contributed by atoms with Crippen LogP contribution in [-0.4, -0.2) is 48.9 Å². The first kappa shape index (κ1) is 17.4. The van der Waals surface area contributed by atoms with Gasteiger partial charge >= 0.3 is 0 Å². The van der Waals surface area contributed by atoms with Gasteiger partial charge in [-0.2, -0.15) is 0 Å². The number of hydrogen-bond acceptors (Lipinski definition) is 5. The van der Waals surface area contributed by atoms with Crippen molar-refractivity contribution >= 4 is 23.4 Å². The third-order valence-corrected chi connectivity index (χ3v) is 5.07. The molecule has 7 heteroatoms. The maximum Gasteiger partial charge on any atom is 0.251 e. The Labute approximate surface area is 146 Å². The Bertz CT molecular complexity index is 710. The lowest BCUT2D eigenvalue weighted by Gasteiger charge is -2.33. The van der Waals surface area contributed by atoms with E-state index in [0.29, 0.717) is 37.4 Å². The molecule has 1 aromatic carbocycles. The first-order chi connectivity index (χ1) is 11.9. The molecular weight excluding hydrogens is 322 g/mol.